The Kier molecular flexibility index (Phi) is 15.3. The Morgan fingerprint density at radius 2 is 1.78 bits per heavy atom. The van der Waals surface area contributed by atoms with Crippen molar-refractivity contribution in [1.29, 1.82) is 0 Å². The third-order valence-electron chi connectivity index (χ3n) is 8.12. The highest BCUT2D eigenvalue weighted by molar-refractivity contribution is 5.78. The second kappa shape index (κ2) is 17.0. The van der Waals surface area contributed by atoms with Gasteiger partial charge in [-0.15, -0.1) is 0 Å². The van der Waals surface area contributed by atoms with E-state index >= 15 is 0 Å². The maximum Gasteiger partial charge on any atom is 0.234 e. The lowest BCUT2D eigenvalue weighted by Crippen LogP contribution is -2.54. The van der Waals surface area contributed by atoms with E-state index in [0.29, 0.717) is 25.8 Å². The van der Waals surface area contributed by atoms with Crippen LogP contribution in [-0.4, -0.2) is 76.8 Å². The minimum absolute atomic E-state index is 0.0217. The van der Waals surface area contributed by atoms with Crippen LogP contribution in [0.3, 0.4) is 0 Å². The number of nitrogens with one attached hydrogen (secondary N) is 3. The van der Waals surface area contributed by atoms with Crippen LogP contribution in [0.25, 0.3) is 0 Å². The number of hydrogen-bond donors (Lipinski definition) is 6. The molecular formula is C28H54N4O5. The minimum atomic E-state index is -1.04. The summed E-state index contributed by atoms with van der Waals surface area (Å²) in [5, 5.41) is 38.7. The predicted octanol–water partition coefficient (Wildman–Crippen LogP) is 2.46. The molecule has 1 saturated heterocycles. The van der Waals surface area contributed by atoms with Crippen LogP contribution < -0.4 is 16.0 Å². The van der Waals surface area contributed by atoms with Crippen molar-refractivity contribution in [3.05, 3.63) is 12.3 Å². The number of likely N-dealkylation sites (tertiary alicyclic amines) is 1. The second-order valence-corrected chi connectivity index (χ2v) is 11.1. The van der Waals surface area contributed by atoms with E-state index in [9.17, 15) is 19.8 Å². The Hall–Kier alpha value is -1.68. The molecule has 0 spiro atoms. The zero-order valence-electron chi connectivity index (χ0n) is 23.9. The summed E-state index contributed by atoms with van der Waals surface area (Å²) in [5.41, 5.74) is 1.11. The van der Waals surface area contributed by atoms with Crippen molar-refractivity contribution >= 4 is 11.8 Å². The molecule has 1 aliphatic rings. The van der Waals surface area contributed by atoms with Crippen molar-refractivity contribution in [2.45, 2.75) is 111 Å². The Morgan fingerprint density at radius 1 is 1.11 bits per heavy atom. The average Bonchev–Trinajstić information content (AvgIpc) is 3.16. The second-order valence-electron chi connectivity index (χ2n) is 11.1. The summed E-state index contributed by atoms with van der Waals surface area (Å²) in [6.45, 7) is 15.9. The molecule has 1 aliphatic heterocycles. The number of amides is 2. The van der Waals surface area contributed by atoms with E-state index in [0.717, 1.165) is 50.8 Å². The summed E-state index contributed by atoms with van der Waals surface area (Å²) in [5.74, 6) is -0.185. The van der Waals surface area contributed by atoms with Gasteiger partial charge in [-0.3, -0.25) is 14.9 Å². The first-order valence-electron chi connectivity index (χ1n) is 14.2. The van der Waals surface area contributed by atoms with Gasteiger partial charge in [0.1, 0.15) is 12.5 Å². The molecule has 1 heterocycles. The van der Waals surface area contributed by atoms with Gasteiger partial charge in [0, 0.05) is 37.7 Å². The third kappa shape index (κ3) is 10.9. The molecule has 4 atom stereocenters. The summed E-state index contributed by atoms with van der Waals surface area (Å²) in [6.07, 6.45) is 5.49. The van der Waals surface area contributed by atoms with E-state index in [4.69, 9.17) is 5.11 Å². The molecule has 216 valence electrons. The first-order valence-corrected chi connectivity index (χ1v) is 14.2. The number of allylic oxidation sites excluding steroid dienone is 1. The molecule has 2 amide bonds. The van der Waals surface area contributed by atoms with Crippen LogP contribution in [0.15, 0.2) is 12.3 Å². The molecule has 9 heteroatoms. The fourth-order valence-electron chi connectivity index (χ4n) is 5.02. The zero-order valence-corrected chi connectivity index (χ0v) is 23.9. The number of hydrogen-bond acceptors (Lipinski definition) is 7. The fraction of sp³-hybridized carbons (Fsp3) is 0.857. The van der Waals surface area contributed by atoms with Crippen LogP contribution in [0, 0.1) is 17.3 Å². The van der Waals surface area contributed by atoms with E-state index < -0.39 is 18.5 Å². The monoisotopic (exact) mass is 526 g/mol. The van der Waals surface area contributed by atoms with Gasteiger partial charge >= 0.3 is 0 Å². The number of nitrogens with zero attached hydrogens (tertiary/aromatic N) is 1. The maximum atomic E-state index is 12.5. The molecule has 0 radical (unpaired) electrons. The van der Waals surface area contributed by atoms with Gasteiger partial charge in [-0.1, -0.05) is 60.5 Å². The molecule has 0 aliphatic carbocycles. The Bertz CT molecular complexity index is 698. The molecule has 0 aromatic carbocycles. The molecule has 1 fully saturated rings. The van der Waals surface area contributed by atoms with Crippen LogP contribution >= 0.6 is 0 Å². The van der Waals surface area contributed by atoms with Gasteiger partial charge in [-0.2, -0.15) is 0 Å². The summed E-state index contributed by atoms with van der Waals surface area (Å²) in [6, 6.07) is -0.513. The maximum absolute atomic E-state index is 12.5. The highest BCUT2D eigenvalue weighted by Crippen LogP contribution is 2.46. The topological polar surface area (TPSA) is 134 Å². The predicted molar refractivity (Wildman–Crippen MR) is 147 cm³/mol. The lowest BCUT2D eigenvalue weighted by Gasteiger charge is -2.37. The van der Waals surface area contributed by atoms with Crippen molar-refractivity contribution in [2.75, 3.05) is 26.2 Å². The summed E-state index contributed by atoms with van der Waals surface area (Å²) >= 11 is 0. The SMILES string of the molecule is C=C1CC(C(C)(CC)CC)[C@@H](O)N1CCCCCC(=O)N[C@@H](C(C)C)C(O)NCC(=O)NCCCCO. The number of aliphatic hydroxyl groups excluding tert-OH is 3. The summed E-state index contributed by atoms with van der Waals surface area (Å²) < 4.78 is 0. The first kappa shape index (κ1) is 33.3. The van der Waals surface area contributed by atoms with Gasteiger partial charge in [0.15, 0.2) is 0 Å². The molecule has 0 bridgehead atoms. The fourth-order valence-corrected chi connectivity index (χ4v) is 5.02. The number of carbonyl (C=O) groups is 2. The lowest BCUT2D eigenvalue weighted by molar-refractivity contribution is -0.123. The van der Waals surface area contributed by atoms with E-state index in [2.05, 4.69) is 43.3 Å². The van der Waals surface area contributed by atoms with E-state index in [1.807, 2.05) is 18.7 Å². The standard InChI is InChI=1S/C28H54N4O5/c1-7-28(6,8-2)22-18-21(5)32(27(22)37)16-12-9-10-14-23(34)31-25(20(3)4)26(36)30-19-24(35)29-15-11-13-17-33/h20,22,25-27,30,33,36-37H,5,7-19H2,1-4,6H3,(H,29,35)(H,31,34)/t22?,25-,26?,27+/m0/s1. The van der Waals surface area contributed by atoms with E-state index in [1.54, 1.807) is 0 Å². The van der Waals surface area contributed by atoms with Crippen LogP contribution in [0.5, 0.6) is 0 Å². The van der Waals surface area contributed by atoms with Gasteiger partial charge in [0.25, 0.3) is 0 Å². The van der Waals surface area contributed by atoms with Gasteiger partial charge in [-0.25, -0.2) is 0 Å². The Balaban J connectivity index is 2.37. The molecule has 6 N–H and O–H groups in total. The average molecular weight is 527 g/mol. The molecule has 0 saturated carbocycles. The molecule has 9 nitrogen and oxygen atoms in total. The highest BCUT2D eigenvalue weighted by atomic mass is 16.3. The summed E-state index contributed by atoms with van der Waals surface area (Å²) in [4.78, 5) is 26.5. The minimum Gasteiger partial charge on any atom is -0.396 e. The number of carbonyl (C=O) groups excluding carboxylic acids is 2. The Labute approximate surface area is 224 Å². The molecule has 37 heavy (non-hydrogen) atoms. The molecule has 0 aromatic rings. The molecule has 2 unspecified atom stereocenters. The number of unbranched alkanes of at least 4 members (excludes halogenated alkanes) is 3. The molecular weight excluding hydrogens is 472 g/mol. The van der Waals surface area contributed by atoms with Gasteiger partial charge < -0.3 is 30.9 Å². The van der Waals surface area contributed by atoms with E-state index in [1.165, 1.54) is 0 Å². The number of aliphatic hydroxyl groups is 3. The van der Waals surface area contributed by atoms with Crippen molar-refractivity contribution in [2.24, 2.45) is 17.3 Å². The normalized spacial score (nSPS) is 19.8. The molecule has 0 aromatic heterocycles. The smallest absolute Gasteiger partial charge is 0.234 e. The van der Waals surface area contributed by atoms with Crippen LogP contribution in [0.2, 0.25) is 0 Å². The van der Waals surface area contributed by atoms with Crippen LogP contribution in [0.1, 0.15) is 92.4 Å². The molecule has 1 rings (SSSR count). The van der Waals surface area contributed by atoms with Crippen molar-refractivity contribution in [3.63, 3.8) is 0 Å². The highest BCUT2D eigenvalue weighted by Gasteiger charge is 2.44. The Morgan fingerprint density at radius 3 is 2.38 bits per heavy atom. The van der Waals surface area contributed by atoms with Gasteiger partial charge in [0.05, 0.1) is 12.6 Å². The van der Waals surface area contributed by atoms with Gasteiger partial charge in [0.2, 0.25) is 11.8 Å². The van der Waals surface area contributed by atoms with Crippen molar-refractivity contribution < 1.29 is 24.9 Å². The van der Waals surface area contributed by atoms with Crippen molar-refractivity contribution in [3.8, 4) is 0 Å². The third-order valence-corrected chi connectivity index (χ3v) is 8.12. The zero-order chi connectivity index (χ0) is 28.0. The lowest BCUT2D eigenvalue weighted by atomic mass is 9.71. The largest absolute Gasteiger partial charge is 0.396 e. The van der Waals surface area contributed by atoms with Crippen LogP contribution in [-0.2, 0) is 9.59 Å². The first-order chi connectivity index (χ1) is 17.5. The van der Waals surface area contributed by atoms with Gasteiger partial charge in [-0.05, 0) is 43.4 Å². The van der Waals surface area contributed by atoms with E-state index in [-0.39, 0.29) is 42.2 Å². The number of rotatable bonds is 19. The van der Waals surface area contributed by atoms with Crippen molar-refractivity contribution in [1.82, 2.24) is 20.9 Å². The summed E-state index contributed by atoms with van der Waals surface area (Å²) in [7, 11) is 0. The quantitative estimate of drug-likeness (QED) is 0.112. The van der Waals surface area contributed by atoms with Crippen LogP contribution in [0.4, 0.5) is 0 Å².